The Bertz CT molecular complexity index is 2060. The molecule has 0 fully saturated rings. The molecule has 2 heterocycles. The van der Waals surface area contributed by atoms with Crippen LogP contribution in [0, 0.1) is 26.0 Å². The van der Waals surface area contributed by atoms with Gasteiger partial charge in [-0.3, -0.25) is 0 Å². The number of pyridine rings is 2. The van der Waals surface area contributed by atoms with Crippen LogP contribution >= 0.6 is 7.92 Å². The molecule has 0 saturated carbocycles. The summed E-state index contributed by atoms with van der Waals surface area (Å²) in [5.41, 5.74) is -5.07. The first-order valence-electron chi connectivity index (χ1n) is 17.3. The topological polar surface area (TPSA) is 46.0 Å². The number of aliphatic hydroxyl groups is 1. The van der Waals surface area contributed by atoms with E-state index < -0.39 is 54.9 Å². The molecule has 0 aliphatic rings. The molecule has 6 aromatic rings. The Morgan fingerprint density at radius 3 is 1.17 bits per heavy atom. The maximum atomic E-state index is 12.7. The Balaban J connectivity index is 0.000000240. The van der Waals surface area contributed by atoms with Crippen molar-refractivity contribution in [3.05, 3.63) is 167 Å². The van der Waals surface area contributed by atoms with Crippen molar-refractivity contribution in [1.29, 1.82) is 0 Å². The summed E-state index contributed by atoms with van der Waals surface area (Å²) in [6, 6.07) is 32.1. The maximum Gasteiger partial charge on any atom is 0.399 e. The Morgan fingerprint density at radius 1 is 0.533 bits per heavy atom. The third kappa shape index (κ3) is 14.8. The molecular formula is C43H33F12IrN2OP-2. The fraction of sp³-hybridized carbons (Fsp3) is 0.209. The van der Waals surface area contributed by atoms with E-state index in [2.05, 4.69) is 58.5 Å². The van der Waals surface area contributed by atoms with Gasteiger partial charge < -0.3 is 15.1 Å². The molecule has 1 N–H and O–H groups in total. The average Bonchev–Trinajstić information content (AvgIpc) is 3.16. The van der Waals surface area contributed by atoms with Crippen LogP contribution in [-0.2, 0) is 44.8 Å². The van der Waals surface area contributed by atoms with E-state index in [9.17, 15) is 57.8 Å². The summed E-state index contributed by atoms with van der Waals surface area (Å²) in [6.45, 7) is 5.17. The number of nitrogens with zero attached hydrogens (tertiary/aromatic N) is 2. The van der Waals surface area contributed by atoms with Crippen LogP contribution in [0.2, 0.25) is 0 Å². The van der Waals surface area contributed by atoms with Crippen LogP contribution in [0.5, 0.6) is 0 Å². The van der Waals surface area contributed by atoms with Gasteiger partial charge in [0.15, 0.2) is 0 Å². The predicted octanol–water partition coefficient (Wildman–Crippen LogP) is 12.3. The minimum atomic E-state index is -4.92. The van der Waals surface area contributed by atoms with Crippen LogP contribution in [-0.4, -0.2) is 27.3 Å². The number of benzene rings is 4. The molecule has 0 aliphatic heterocycles. The molecule has 17 heteroatoms. The predicted molar refractivity (Wildman–Crippen MR) is 202 cm³/mol. The smallest absolute Gasteiger partial charge is 0.393 e. The molecule has 2 aromatic heterocycles. The van der Waals surface area contributed by atoms with Crippen LogP contribution in [0.15, 0.2) is 122 Å². The van der Waals surface area contributed by atoms with Crippen molar-refractivity contribution < 1.29 is 77.9 Å². The number of rotatable bonds is 6. The third-order valence-electron chi connectivity index (χ3n) is 7.97. The minimum absolute atomic E-state index is 0. The SMILES string of the molecule is CC(O)CP(c1ccccc1)c1ccccc1.Cc1ccnc(-c2[c-]c(C(F)(F)F)cc(C(F)(F)F)c2)c1.Cc1ccnc(-c2[c-]c(C(F)(F)F)cc(C(F)(F)F)c2)c1.[Ir]. The molecular weight excluding hydrogens is 1010 g/mol. The van der Waals surface area contributed by atoms with Gasteiger partial charge in [0, 0.05) is 38.7 Å². The summed E-state index contributed by atoms with van der Waals surface area (Å²) in [5, 5.41) is 12.3. The first-order chi connectivity index (χ1) is 27.4. The molecule has 1 radical (unpaired) electrons. The van der Waals surface area contributed by atoms with Gasteiger partial charge in [-0.25, -0.2) is 0 Å². The van der Waals surface area contributed by atoms with Gasteiger partial charge in [0.25, 0.3) is 0 Å². The van der Waals surface area contributed by atoms with Crippen LogP contribution in [0.3, 0.4) is 0 Å². The number of halogens is 12. The molecule has 4 aromatic carbocycles. The van der Waals surface area contributed by atoms with Crippen molar-refractivity contribution in [1.82, 2.24) is 9.97 Å². The van der Waals surface area contributed by atoms with Crippen molar-refractivity contribution in [2.45, 2.75) is 51.6 Å². The normalized spacial score (nSPS) is 12.3. The summed E-state index contributed by atoms with van der Waals surface area (Å²) in [4.78, 5) is 7.58. The van der Waals surface area contributed by atoms with Crippen LogP contribution in [0.1, 0.15) is 40.3 Å². The Labute approximate surface area is 352 Å². The first kappa shape index (κ1) is 49.7. The number of aromatic nitrogens is 2. The Hall–Kier alpha value is -4.62. The zero-order valence-electron chi connectivity index (χ0n) is 31.5. The monoisotopic (exact) mass is 1050 g/mol. The van der Waals surface area contributed by atoms with E-state index in [4.69, 9.17) is 0 Å². The molecule has 321 valence electrons. The van der Waals surface area contributed by atoms with Crippen LogP contribution in [0.4, 0.5) is 52.7 Å². The van der Waals surface area contributed by atoms with E-state index in [1.165, 1.54) is 35.1 Å². The minimum Gasteiger partial charge on any atom is -0.393 e. The number of alkyl halides is 12. The van der Waals surface area contributed by atoms with E-state index in [-0.39, 0.29) is 60.9 Å². The van der Waals surface area contributed by atoms with Gasteiger partial charge in [0.1, 0.15) is 0 Å². The average molecular weight is 1040 g/mol. The van der Waals surface area contributed by atoms with E-state index in [0.29, 0.717) is 23.3 Å². The molecule has 0 amide bonds. The Kier molecular flexibility index (Phi) is 17.2. The van der Waals surface area contributed by atoms with Crippen LogP contribution < -0.4 is 10.6 Å². The van der Waals surface area contributed by atoms with Crippen molar-refractivity contribution >= 4 is 18.5 Å². The van der Waals surface area contributed by atoms with Crippen LogP contribution in [0.25, 0.3) is 22.5 Å². The third-order valence-corrected chi connectivity index (χ3v) is 10.7. The number of hydrogen-bond donors (Lipinski definition) is 1. The quantitative estimate of drug-likeness (QED) is 0.103. The van der Waals surface area contributed by atoms with E-state index in [1.807, 2.05) is 31.2 Å². The van der Waals surface area contributed by atoms with Gasteiger partial charge in [-0.05, 0) is 85.1 Å². The number of aliphatic hydroxyl groups excluding tert-OH is 1. The van der Waals surface area contributed by atoms with Gasteiger partial charge in [-0.2, -0.15) is 52.7 Å². The van der Waals surface area contributed by atoms with E-state index in [1.54, 1.807) is 26.0 Å². The first-order valence-corrected chi connectivity index (χ1v) is 18.8. The van der Waals surface area contributed by atoms with E-state index in [0.717, 1.165) is 6.16 Å². The fourth-order valence-electron chi connectivity index (χ4n) is 5.26. The fourth-order valence-corrected chi connectivity index (χ4v) is 7.57. The summed E-state index contributed by atoms with van der Waals surface area (Å²) in [5.74, 6) is 0. The summed E-state index contributed by atoms with van der Waals surface area (Å²) in [7, 11) is -0.440. The molecule has 60 heavy (non-hydrogen) atoms. The molecule has 0 spiro atoms. The summed E-state index contributed by atoms with van der Waals surface area (Å²) in [6.07, 6.45) is -16.4. The molecule has 1 atom stereocenters. The molecule has 0 saturated heterocycles. The van der Waals surface area contributed by atoms with Gasteiger partial charge in [-0.15, -0.1) is 47.5 Å². The van der Waals surface area contributed by atoms with Crippen molar-refractivity contribution in [2.24, 2.45) is 0 Å². The zero-order chi connectivity index (χ0) is 43.8. The van der Waals surface area contributed by atoms with Crippen molar-refractivity contribution in [2.75, 3.05) is 6.16 Å². The molecule has 3 nitrogen and oxygen atoms in total. The molecule has 0 bridgehead atoms. The van der Waals surface area contributed by atoms with Gasteiger partial charge >= 0.3 is 24.7 Å². The second-order valence-electron chi connectivity index (χ2n) is 13.0. The summed E-state index contributed by atoms with van der Waals surface area (Å²) >= 11 is 0. The summed E-state index contributed by atoms with van der Waals surface area (Å²) < 4.78 is 153. The second-order valence-corrected chi connectivity index (χ2v) is 15.2. The zero-order valence-corrected chi connectivity index (χ0v) is 34.8. The number of aryl methyl sites for hydroxylation is 2. The van der Waals surface area contributed by atoms with Gasteiger partial charge in [0.2, 0.25) is 0 Å². The Morgan fingerprint density at radius 2 is 0.883 bits per heavy atom. The second kappa shape index (κ2) is 20.8. The van der Waals surface area contributed by atoms with Crippen molar-refractivity contribution in [3.63, 3.8) is 0 Å². The van der Waals surface area contributed by atoms with Gasteiger partial charge in [-0.1, -0.05) is 83.9 Å². The van der Waals surface area contributed by atoms with E-state index >= 15 is 0 Å². The maximum absolute atomic E-state index is 12.7. The molecule has 1 unspecified atom stereocenters. The molecule has 0 aliphatic carbocycles. The standard InChI is InChI=1S/C15H17OP.2C14H8F6N.Ir/c1-13(16)12-17(14-8-4-2-5-9-14)15-10-6-3-7-11-15;2*1-8-2-3-21-12(4-8)9-5-10(13(15,16)17)7-11(6-9)14(18,19)20;/h2-11,13,16H,12H2,1H3;2*2-5,7H,1H3;/q;2*-1;. The molecule has 6 rings (SSSR count). The van der Waals surface area contributed by atoms with Gasteiger partial charge in [0.05, 0.1) is 6.10 Å². The largest absolute Gasteiger partial charge is 0.399 e. The number of hydrogen-bond acceptors (Lipinski definition) is 3. The van der Waals surface area contributed by atoms with Crippen molar-refractivity contribution in [3.8, 4) is 22.5 Å².